The van der Waals surface area contributed by atoms with Crippen LogP contribution in [0.4, 0.5) is 0 Å². The van der Waals surface area contributed by atoms with Gasteiger partial charge in [0.2, 0.25) is 10.0 Å². The Morgan fingerprint density at radius 3 is 2.00 bits per heavy atom. The van der Waals surface area contributed by atoms with Crippen molar-refractivity contribution in [2.24, 2.45) is 0 Å². The number of aromatic hydroxyl groups is 1. The van der Waals surface area contributed by atoms with Crippen molar-refractivity contribution in [3.8, 4) is 17.2 Å². The van der Waals surface area contributed by atoms with Crippen molar-refractivity contribution in [3.05, 3.63) is 48.5 Å². The number of aliphatic hydroxyl groups is 1. The van der Waals surface area contributed by atoms with Crippen LogP contribution >= 0.6 is 0 Å². The summed E-state index contributed by atoms with van der Waals surface area (Å²) < 4.78 is 38.2. The first-order valence-electron chi connectivity index (χ1n) is 9.33. The molecule has 2 N–H and O–H groups in total. The lowest BCUT2D eigenvalue weighted by Gasteiger charge is -2.39. The maximum Gasteiger partial charge on any atom is 0.243 e. The summed E-state index contributed by atoms with van der Waals surface area (Å²) in [5.74, 6) is 1.24. The number of phenols is 1. The van der Waals surface area contributed by atoms with Crippen molar-refractivity contribution in [1.29, 1.82) is 0 Å². The van der Waals surface area contributed by atoms with Crippen LogP contribution in [0.2, 0.25) is 0 Å². The Hall–Kier alpha value is -2.33. The quantitative estimate of drug-likeness (QED) is 0.697. The monoisotopic (exact) mass is 422 g/mol. The number of piperazine rings is 1. The first-order chi connectivity index (χ1) is 13.8. The van der Waals surface area contributed by atoms with Gasteiger partial charge < -0.3 is 19.7 Å². The van der Waals surface area contributed by atoms with Crippen molar-refractivity contribution in [3.63, 3.8) is 0 Å². The van der Waals surface area contributed by atoms with Crippen molar-refractivity contribution in [2.75, 3.05) is 33.3 Å². The summed E-state index contributed by atoms with van der Waals surface area (Å²) in [6.45, 7) is 3.05. The maximum atomic E-state index is 12.9. The van der Waals surface area contributed by atoms with Gasteiger partial charge in [-0.25, -0.2) is 8.42 Å². The molecule has 1 aliphatic rings. The molecule has 1 aliphatic heterocycles. The number of sulfonamides is 1. The van der Waals surface area contributed by atoms with Gasteiger partial charge in [0.25, 0.3) is 0 Å². The number of aliphatic hydroxyl groups excluding tert-OH is 1. The largest absolute Gasteiger partial charge is 0.508 e. The van der Waals surface area contributed by atoms with E-state index in [0.29, 0.717) is 24.6 Å². The average Bonchev–Trinajstić information content (AvgIpc) is 2.73. The fourth-order valence-corrected chi connectivity index (χ4v) is 4.66. The van der Waals surface area contributed by atoms with Crippen LogP contribution in [-0.2, 0) is 10.0 Å². The fraction of sp³-hybridized carbons (Fsp3) is 0.400. The standard InChI is InChI=1S/C20H26N2O6S/c1-15(23)20(28-18-5-3-16(24)4-6-18)21-11-13-22(14-12-21)29(25,26)19-9-7-17(27-2)8-10-19/h3-10,15,20,23-24H,11-14H2,1-2H3. The molecular formula is C20H26N2O6S. The van der Waals surface area contributed by atoms with Crippen LogP contribution in [0.15, 0.2) is 53.4 Å². The number of rotatable bonds is 7. The van der Waals surface area contributed by atoms with Gasteiger partial charge in [0.1, 0.15) is 23.4 Å². The van der Waals surface area contributed by atoms with Gasteiger partial charge in [-0.1, -0.05) is 0 Å². The summed E-state index contributed by atoms with van der Waals surface area (Å²) >= 11 is 0. The highest BCUT2D eigenvalue weighted by Gasteiger charge is 2.33. The second-order valence-electron chi connectivity index (χ2n) is 6.86. The second-order valence-corrected chi connectivity index (χ2v) is 8.80. The highest BCUT2D eigenvalue weighted by Crippen LogP contribution is 2.23. The normalized spacial score (nSPS) is 18.2. The molecule has 158 valence electrons. The molecule has 2 aromatic rings. The fourth-order valence-electron chi connectivity index (χ4n) is 3.24. The molecule has 0 spiro atoms. The minimum Gasteiger partial charge on any atom is -0.508 e. The zero-order chi connectivity index (χ0) is 21.0. The third-order valence-corrected chi connectivity index (χ3v) is 6.75. The Morgan fingerprint density at radius 1 is 0.931 bits per heavy atom. The lowest BCUT2D eigenvalue weighted by molar-refractivity contribution is -0.0683. The number of phenolic OH excluding ortho intramolecular Hbond substituents is 1. The number of hydrogen-bond acceptors (Lipinski definition) is 7. The van der Waals surface area contributed by atoms with E-state index in [9.17, 15) is 18.6 Å². The van der Waals surface area contributed by atoms with Crippen molar-refractivity contribution in [1.82, 2.24) is 9.21 Å². The van der Waals surface area contributed by atoms with E-state index in [1.807, 2.05) is 4.90 Å². The van der Waals surface area contributed by atoms with Gasteiger partial charge in [0.05, 0.1) is 12.0 Å². The zero-order valence-corrected chi connectivity index (χ0v) is 17.2. The Bertz CT molecular complexity index is 892. The number of benzene rings is 2. The molecule has 8 nitrogen and oxygen atoms in total. The molecule has 3 rings (SSSR count). The van der Waals surface area contributed by atoms with Crippen LogP contribution < -0.4 is 9.47 Å². The maximum absolute atomic E-state index is 12.9. The number of hydrogen-bond donors (Lipinski definition) is 2. The Kier molecular flexibility index (Phi) is 6.63. The van der Waals surface area contributed by atoms with Gasteiger partial charge >= 0.3 is 0 Å². The summed E-state index contributed by atoms with van der Waals surface area (Å²) in [6, 6.07) is 12.6. The summed E-state index contributed by atoms with van der Waals surface area (Å²) in [5, 5.41) is 19.6. The minimum absolute atomic E-state index is 0.128. The van der Waals surface area contributed by atoms with Crippen LogP contribution in [-0.4, -0.2) is 73.5 Å². The van der Waals surface area contributed by atoms with E-state index in [1.165, 1.54) is 35.7 Å². The predicted molar refractivity (Wildman–Crippen MR) is 108 cm³/mol. The highest BCUT2D eigenvalue weighted by molar-refractivity contribution is 7.89. The van der Waals surface area contributed by atoms with Crippen LogP contribution in [0.25, 0.3) is 0 Å². The molecule has 1 fully saturated rings. The number of methoxy groups -OCH3 is 1. The average molecular weight is 423 g/mol. The summed E-state index contributed by atoms with van der Waals surface area (Å²) in [6.07, 6.45) is -1.40. The molecule has 0 aliphatic carbocycles. The molecular weight excluding hydrogens is 396 g/mol. The van der Waals surface area contributed by atoms with Crippen molar-refractivity contribution >= 4 is 10.0 Å². The molecule has 2 atom stereocenters. The van der Waals surface area contributed by atoms with E-state index in [0.717, 1.165) is 0 Å². The number of ether oxygens (including phenoxy) is 2. The van der Waals surface area contributed by atoms with Crippen LogP contribution in [0, 0.1) is 0 Å². The second kappa shape index (κ2) is 9.00. The van der Waals surface area contributed by atoms with Gasteiger partial charge in [-0.2, -0.15) is 4.31 Å². The molecule has 2 aromatic carbocycles. The van der Waals surface area contributed by atoms with Crippen LogP contribution in [0.3, 0.4) is 0 Å². The Morgan fingerprint density at radius 2 is 1.48 bits per heavy atom. The van der Waals surface area contributed by atoms with Gasteiger partial charge in [-0.3, -0.25) is 4.90 Å². The molecule has 1 heterocycles. The Labute approximate surface area is 170 Å². The van der Waals surface area contributed by atoms with E-state index >= 15 is 0 Å². The smallest absolute Gasteiger partial charge is 0.243 e. The molecule has 0 radical (unpaired) electrons. The molecule has 29 heavy (non-hydrogen) atoms. The zero-order valence-electron chi connectivity index (χ0n) is 16.4. The SMILES string of the molecule is COc1ccc(S(=O)(=O)N2CCN(C(Oc3ccc(O)cc3)C(C)O)CC2)cc1. The molecule has 9 heteroatoms. The van der Waals surface area contributed by atoms with E-state index in [-0.39, 0.29) is 23.7 Å². The molecule has 0 aromatic heterocycles. The van der Waals surface area contributed by atoms with E-state index in [2.05, 4.69) is 0 Å². The Balaban J connectivity index is 1.66. The molecule has 0 bridgehead atoms. The first kappa shape index (κ1) is 21.4. The predicted octanol–water partition coefficient (Wildman–Crippen LogP) is 1.49. The summed E-state index contributed by atoms with van der Waals surface area (Å²) in [5.41, 5.74) is 0. The summed E-state index contributed by atoms with van der Waals surface area (Å²) in [4.78, 5) is 2.14. The van der Waals surface area contributed by atoms with Gasteiger partial charge in [-0.15, -0.1) is 0 Å². The lowest BCUT2D eigenvalue weighted by Crippen LogP contribution is -2.56. The topological polar surface area (TPSA) is 99.5 Å². The van der Waals surface area contributed by atoms with Crippen molar-refractivity contribution in [2.45, 2.75) is 24.2 Å². The molecule has 1 saturated heterocycles. The van der Waals surface area contributed by atoms with E-state index in [4.69, 9.17) is 9.47 Å². The minimum atomic E-state index is -3.60. The first-order valence-corrected chi connectivity index (χ1v) is 10.8. The summed E-state index contributed by atoms with van der Waals surface area (Å²) in [7, 11) is -2.07. The van der Waals surface area contributed by atoms with E-state index < -0.39 is 22.4 Å². The van der Waals surface area contributed by atoms with Crippen molar-refractivity contribution < 1.29 is 28.1 Å². The van der Waals surface area contributed by atoms with Gasteiger partial charge in [0, 0.05) is 26.2 Å². The number of nitrogens with zero attached hydrogens (tertiary/aromatic N) is 2. The van der Waals surface area contributed by atoms with Gasteiger partial charge in [-0.05, 0) is 55.5 Å². The van der Waals surface area contributed by atoms with Crippen LogP contribution in [0.1, 0.15) is 6.92 Å². The highest BCUT2D eigenvalue weighted by atomic mass is 32.2. The van der Waals surface area contributed by atoms with E-state index in [1.54, 1.807) is 31.2 Å². The molecule has 2 unspecified atom stereocenters. The van der Waals surface area contributed by atoms with Crippen LogP contribution in [0.5, 0.6) is 17.2 Å². The molecule has 0 saturated carbocycles. The third-order valence-electron chi connectivity index (χ3n) is 4.84. The molecule has 0 amide bonds. The lowest BCUT2D eigenvalue weighted by atomic mass is 10.2. The van der Waals surface area contributed by atoms with Gasteiger partial charge in [0.15, 0.2) is 6.23 Å². The third kappa shape index (κ3) is 4.99.